The Morgan fingerprint density at radius 3 is 1.47 bits per heavy atom. The van der Waals surface area contributed by atoms with Gasteiger partial charge in [0, 0.05) is 19.4 Å². The lowest BCUT2D eigenvalue weighted by Gasteiger charge is -2.19. The molecule has 10 heteroatoms. The largest absolute Gasteiger partial charge is 0.472 e. The third-order valence-electron chi connectivity index (χ3n) is 6.54. The maximum Gasteiger partial charge on any atom is 0.472 e. The molecular weight excluding hydrogens is 689 g/mol. The first-order valence-corrected chi connectivity index (χ1v) is 20.0. The van der Waals surface area contributed by atoms with Crippen molar-refractivity contribution >= 4 is 19.8 Å². The quantitative estimate of drug-likeness (QED) is 0.0307. The van der Waals surface area contributed by atoms with Gasteiger partial charge in [-0.05, 0) is 44.9 Å². The minimum Gasteiger partial charge on any atom is -0.462 e. The lowest BCUT2D eigenvalue weighted by molar-refractivity contribution is -0.161. The molecule has 53 heavy (non-hydrogen) atoms. The van der Waals surface area contributed by atoms with Crippen molar-refractivity contribution in [1.82, 2.24) is 0 Å². The molecule has 0 spiro atoms. The summed E-state index contributed by atoms with van der Waals surface area (Å²) in [6.07, 6.45) is 53.2. The zero-order valence-electron chi connectivity index (χ0n) is 31.7. The van der Waals surface area contributed by atoms with Gasteiger partial charge in [-0.15, -0.1) is 0 Å². The van der Waals surface area contributed by atoms with Crippen LogP contribution in [0, 0.1) is 0 Å². The summed E-state index contributed by atoms with van der Waals surface area (Å²) in [5.41, 5.74) is 5.32. The summed E-state index contributed by atoms with van der Waals surface area (Å²) in [6, 6.07) is 0. The highest BCUT2D eigenvalue weighted by atomic mass is 31.2. The zero-order valence-corrected chi connectivity index (χ0v) is 32.6. The number of allylic oxidation sites excluding steroid dienone is 24. The molecule has 0 saturated heterocycles. The predicted molar refractivity (Wildman–Crippen MR) is 219 cm³/mol. The summed E-state index contributed by atoms with van der Waals surface area (Å²) >= 11 is 0. The lowest BCUT2D eigenvalue weighted by atomic mass is 10.1. The van der Waals surface area contributed by atoms with Crippen molar-refractivity contribution in [3.05, 3.63) is 146 Å². The highest BCUT2D eigenvalue weighted by Gasteiger charge is 2.25. The third kappa shape index (κ3) is 37.5. The molecule has 0 aliphatic heterocycles. The van der Waals surface area contributed by atoms with Gasteiger partial charge in [-0.2, -0.15) is 0 Å². The van der Waals surface area contributed by atoms with Crippen molar-refractivity contribution in [3.63, 3.8) is 0 Å². The van der Waals surface area contributed by atoms with E-state index in [0.29, 0.717) is 19.3 Å². The van der Waals surface area contributed by atoms with Gasteiger partial charge in [0.1, 0.15) is 6.61 Å². The summed E-state index contributed by atoms with van der Waals surface area (Å²) in [5, 5.41) is 0. The molecule has 0 aliphatic rings. The maximum absolute atomic E-state index is 12.5. The number of unbranched alkanes of at least 4 members (excludes halogenated alkanes) is 4. The second-order valence-corrected chi connectivity index (χ2v) is 12.7. The number of rotatable bonds is 31. The van der Waals surface area contributed by atoms with E-state index in [1.165, 1.54) is 0 Å². The van der Waals surface area contributed by atoms with E-state index in [0.717, 1.165) is 32.1 Å². The Hall–Kier alpha value is -4.11. The number of carbonyl (C=O) groups excluding carboxylic acids is 2. The number of esters is 2. The standard InChI is InChI=1S/C43H62NO8P/c1-3-5-7-9-11-13-15-17-18-19-20-21-22-24-25-27-29-31-33-35-42(45)49-39-41(40-51-53(47,48)50-38-37-44)52-43(46)36-34-32-30-28-26-23-16-14-12-10-8-6-4-2/h5-26,28,30,41H,3-4,27,29,31-40,44H2,1-2H3,(H,47,48)/b7-5+,8-6+,11-9+,12-10+,15-13+,16-14+,18-17+,20-19+,22-21+,25-24+,26-23+,30-28+. The normalized spacial score (nSPS) is 15.0. The van der Waals surface area contributed by atoms with Crippen molar-refractivity contribution < 1.29 is 37.6 Å². The Labute approximate surface area is 318 Å². The predicted octanol–water partition coefficient (Wildman–Crippen LogP) is 10.1. The number of carbonyl (C=O) groups is 2. The lowest BCUT2D eigenvalue weighted by Crippen LogP contribution is -2.29. The number of nitrogens with two attached hydrogens (primary N) is 1. The van der Waals surface area contributed by atoms with Crippen LogP contribution in [0.1, 0.15) is 78.1 Å². The van der Waals surface area contributed by atoms with Gasteiger partial charge in [0.2, 0.25) is 0 Å². The molecule has 0 amide bonds. The van der Waals surface area contributed by atoms with E-state index in [4.69, 9.17) is 24.3 Å². The van der Waals surface area contributed by atoms with Crippen LogP contribution in [-0.4, -0.2) is 49.3 Å². The van der Waals surface area contributed by atoms with E-state index >= 15 is 0 Å². The monoisotopic (exact) mass is 751 g/mol. The van der Waals surface area contributed by atoms with E-state index in [2.05, 4.69) is 32.1 Å². The van der Waals surface area contributed by atoms with Crippen LogP contribution in [0.2, 0.25) is 0 Å². The van der Waals surface area contributed by atoms with Crippen LogP contribution in [0.25, 0.3) is 0 Å². The molecule has 0 aromatic rings. The highest BCUT2D eigenvalue weighted by Crippen LogP contribution is 2.43. The van der Waals surface area contributed by atoms with Gasteiger partial charge in [-0.25, -0.2) is 4.57 Å². The van der Waals surface area contributed by atoms with Crippen molar-refractivity contribution in [2.45, 2.75) is 84.2 Å². The smallest absolute Gasteiger partial charge is 0.462 e. The van der Waals surface area contributed by atoms with Crippen LogP contribution >= 0.6 is 7.82 Å². The zero-order chi connectivity index (χ0) is 38.9. The van der Waals surface area contributed by atoms with Crippen LogP contribution < -0.4 is 5.73 Å². The Balaban J connectivity index is 4.50. The molecule has 2 unspecified atom stereocenters. The van der Waals surface area contributed by atoms with Crippen molar-refractivity contribution in [2.75, 3.05) is 26.4 Å². The fourth-order valence-electron chi connectivity index (χ4n) is 3.88. The molecule has 0 aromatic heterocycles. The number of hydrogen-bond acceptors (Lipinski definition) is 8. The van der Waals surface area contributed by atoms with E-state index in [1.54, 1.807) is 0 Å². The fourth-order valence-corrected chi connectivity index (χ4v) is 4.64. The molecule has 0 saturated carbocycles. The van der Waals surface area contributed by atoms with Gasteiger partial charge in [-0.1, -0.05) is 166 Å². The SMILES string of the molecule is CC/C=C/C=C/C=C/C=C/C=C/C=C/C=C/CCCCCC(=O)OCC(COP(=O)(O)OCCN)OC(=O)CCC/C=C/C=C/C=C/C=C/C=C/CC. The van der Waals surface area contributed by atoms with Crippen molar-refractivity contribution in [3.8, 4) is 0 Å². The Morgan fingerprint density at radius 2 is 1.00 bits per heavy atom. The minimum atomic E-state index is -4.41. The molecule has 0 aromatic carbocycles. The van der Waals surface area contributed by atoms with Gasteiger partial charge in [-0.3, -0.25) is 18.6 Å². The number of phosphoric acid groups is 1. The molecule has 0 radical (unpaired) electrons. The highest BCUT2D eigenvalue weighted by molar-refractivity contribution is 7.47. The van der Waals surface area contributed by atoms with Crippen LogP contribution in [0.5, 0.6) is 0 Å². The number of hydrogen-bond donors (Lipinski definition) is 2. The molecule has 0 aliphatic carbocycles. The molecule has 2 atom stereocenters. The van der Waals surface area contributed by atoms with Crippen LogP contribution in [0.4, 0.5) is 0 Å². The van der Waals surface area contributed by atoms with Crippen LogP contribution in [-0.2, 0) is 32.7 Å². The van der Waals surface area contributed by atoms with E-state index < -0.39 is 32.5 Å². The van der Waals surface area contributed by atoms with Gasteiger partial charge in [0.05, 0.1) is 13.2 Å². The van der Waals surface area contributed by atoms with Crippen molar-refractivity contribution in [2.24, 2.45) is 5.73 Å². The van der Waals surface area contributed by atoms with Gasteiger partial charge in [0.15, 0.2) is 6.10 Å². The number of phosphoric ester groups is 1. The van der Waals surface area contributed by atoms with Gasteiger partial charge >= 0.3 is 19.8 Å². The van der Waals surface area contributed by atoms with E-state index in [-0.39, 0.29) is 32.6 Å². The van der Waals surface area contributed by atoms with E-state index in [1.807, 2.05) is 128 Å². The second-order valence-electron chi connectivity index (χ2n) is 11.3. The Bertz CT molecular complexity index is 1360. The first-order valence-electron chi connectivity index (χ1n) is 18.5. The Kier molecular flexibility index (Phi) is 34.7. The fraction of sp³-hybridized carbons (Fsp3) is 0.395. The molecule has 0 rings (SSSR count). The van der Waals surface area contributed by atoms with Crippen LogP contribution in [0.15, 0.2) is 146 Å². The minimum absolute atomic E-state index is 0.0250. The first-order chi connectivity index (χ1) is 25.8. The molecule has 3 N–H and O–H groups in total. The number of ether oxygens (including phenoxy) is 2. The van der Waals surface area contributed by atoms with Crippen LogP contribution in [0.3, 0.4) is 0 Å². The molecule has 0 fully saturated rings. The first kappa shape index (κ1) is 48.9. The Morgan fingerprint density at radius 1 is 0.566 bits per heavy atom. The molecule has 292 valence electrons. The van der Waals surface area contributed by atoms with Crippen molar-refractivity contribution in [1.29, 1.82) is 0 Å². The molecule has 9 nitrogen and oxygen atoms in total. The van der Waals surface area contributed by atoms with E-state index in [9.17, 15) is 19.0 Å². The summed E-state index contributed by atoms with van der Waals surface area (Å²) in [4.78, 5) is 34.7. The molecule has 0 bridgehead atoms. The van der Waals surface area contributed by atoms with Gasteiger partial charge in [0.25, 0.3) is 0 Å². The average molecular weight is 752 g/mol. The second kappa shape index (κ2) is 37.6. The summed E-state index contributed by atoms with van der Waals surface area (Å²) in [7, 11) is -4.41. The molecular formula is C43H62NO8P. The average Bonchev–Trinajstić information content (AvgIpc) is 3.14. The summed E-state index contributed by atoms with van der Waals surface area (Å²) in [6.45, 7) is 3.23. The summed E-state index contributed by atoms with van der Waals surface area (Å²) in [5.74, 6) is -0.991. The summed E-state index contributed by atoms with van der Waals surface area (Å²) < 4.78 is 32.5. The topological polar surface area (TPSA) is 134 Å². The maximum atomic E-state index is 12.5. The molecule has 0 heterocycles. The third-order valence-corrected chi connectivity index (χ3v) is 7.53. The van der Waals surface area contributed by atoms with Gasteiger partial charge < -0.3 is 20.1 Å².